The van der Waals surface area contributed by atoms with Crippen LogP contribution in [0.4, 0.5) is 5.69 Å². The van der Waals surface area contributed by atoms with Crippen LogP contribution in [0, 0.1) is 10.1 Å². The minimum atomic E-state index is -0.823. The molecular weight excluding hydrogens is 360 g/mol. The molecule has 0 heterocycles. The number of unbranched alkanes of at least 4 members (excludes halogenated alkanes) is 8. The van der Waals surface area contributed by atoms with Crippen LogP contribution in [0.1, 0.15) is 81.5 Å². The van der Waals surface area contributed by atoms with Crippen LogP contribution in [0.2, 0.25) is 0 Å². The number of hydrogen-bond acceptors (Lipinski definition) is 5. The summed E-state index contributed by atoms with van der Waals surface area (Å²) in [6.45, 7) is 1.84. The second-order valence-corrected chi connectivity index (χ2v) is 7.25. The number of nitro groups is 1. The minimum Gasteiger partial charge on any atom is -0.394 e. The van der Waals surface area contributed by atoms with Crippen molar-refractivity contribution < 1.29 is 19.9 Å². The van der Waals surface area contributed by atoms with E-state index in [0.29, 0.717) is 6.42 Å². The Kier molecular flexibility index (Phi) is 12.1. The highest BCUT2D eigenvalue weighted by molar-refractivity contribution is 5.94. The van der Waals surface area contributed by atoms with Gasteiger partial charge in [-0.2, -0.15) is 0 Å². The highest BCUT2D eigenvalue weighted by atomic mass is 16.6. The van der Waals surface area contributed by atoms with Crippen molar-refractivity contribution in [3.8, 4) is 0 Å². The summed E-state index contributed by atoms with van der Waals surface area (Å²) in [5.41, 5.74) is 0.153. The number of non-ortho nitro benzene ring substituents is 1. The number of rotatable bonds is 15. The topological polar surface area (TPSA) is 113 Å². The van der Waals surface area contributed by atoms with Crippen molar-refractivity contribution in [3.63, 3.8) is 0 Å². The minimum absolute atomic E-state index is 0.0966. The number of nitrogens with one attached hydrogen (secondary N) is 1. The van der Waals surface area contributed by atoms with Crippen molar-refractivity contribution in [1.82, 2.24) is 5.32 Å². The third-order valence-corrected chi connectivity index (χ3v) is 4.92. The average molecular weight is 395 g/mol. The predicted molar refractivity (Wildman–Crippen MR) is 109 cm³/mol. The van der Waals surface area contributed by atoms with Gasteiger partial charge in [-0.3, -0.25) is 14.9 Å². The summed E-state index contributed by atoms with van der Waals surface area (Å²) in [5, 5.41) is 33.0. The van der Waals surface area contributed by atoms with Crippen molar-refractivity contribution in [2.75, 3.05) is 6.61 Å². The maximum Gasteiger partial charge on any atom is 0.269 e. The van der Waals surface area contributed by atoms with Crippen LogP contribution in [0.5, 0.6) is 0 Å². The first-order valence-corrected chi connectivity index (χ1v) is 10.3. The Hall–Kier alpha value is -1.99. The van der Waals surface area contributed by atoms with Gasteiger partial charge < -0.3 is 15.5 Å². The van der Waals surface area contributed by atoms with Gasteiger partial charge >= 0.3 is 0 Å². The van der Waals surface area contributed by atoms with Gasteiger partial charge in [0.2, 0.25) is 0 Å². The fourth-order valence-corrected chi connectivity index (χ4v) is 3.12. The molecule has 0 saturated carbocycles. The molecule has 0 aliphatic heterocycles. The smallest absolute Gasteiger partial charge is 0.269 e. The third kappa shape index (κ3) is 9.28. The largest absolute Gasteiger partial charge is 0.394 e. The highest BCUT2D eigenvalue weighted by Crippen LogP contribution is 2.14. The Morgan fingerprint density at radius 2 is 1.57 bits per heavy atom. The quantitative estimate of drug-likeness (QED) is 0.237. The number of nitro benzene ring substituents is 1. The van der Waals surface area contributed by atoms with E-state index in [1.807, 2.05) is 0 Å². The number of nitrogens with zero attached hydrogens (tertiary/aromatic N) is 1. The summed E-state index contributed by atoms with van der Waals surface area (Å²) in [6.07, 6.45) is 10.3. The zero-order chi connectivity index (χ0) is 20.8. The molecule has 0 aromatic heterocycles. The van der Waals surface area contributed by atoms with Crippen molar-refractivity contribution in [3.05, 3.63) is 39.9 Å². The predicted octanol–water partition coefficient (Wildman–Crippen LogP) is 3.97. The molecule has 0 saturated heterocycles. The lowest BCUT2D eigenvalue weighted by Gasteiger charge is -2.22. The molecule has 0 spiro atoms. The Morgan fingerprint density at radius 1 is 1.04 bits per heavy atom. The number of benzene rings is 1. The molecule has 7 heteroatoms. The van der Waals surface area contributed by atoms with E-state index in [-0.39, 0.29) is 17.9 Å². The summed E-state index contributed by atoms with van der Waals surface area (Å²) < 4.78 is 0. The van der Waals surface area contributed by atoms with Crippen LogP contribution < -0.4 is 5.32 Å². The van der Waals surface area contributed by atoms with Crippen molar-refractivity contribution in [1.29, 1.82) is 0 Å². The summed E-state index contributed by atoms with van der Waals surface area (Å²) in [7, 11) is 0. The Labute approximate surface area is 167 Å². The van der Waals surface area contributed by atoms with Crippen LogP contribution >= 0.6 is 0 Å². The molecule has 1 aromatic carbocycles. The van der Waals surface area contributed by atoms with E-state index < -0.39 is 23.0 Å². The molecule has 3 N–H and O–H groups in total. The molecule has 2 atom stereocenters. The molecule has 1 amide bonds. The number of amides is 1. The van der Waals surface area contributed by atoms with Gasteiger partial charge in [0.25, 0.3) is 11.6 Å². The van der Waals surface area contributed by atoms with E-state index in [0.717, 1.165) is 19.3 Å². The summed E-state index contributed by atoms with van der Waals surface area (Å²) in [6, 6.07) is 4.46. The van der Waals surface area contributed by atoms with Gasteiger partial charge in [0.15, 0.2) is 0 Å². The zero-order valence-electron chi connectivity index (χ0n) is 16.8. The van der Waals surface area contributed by atoms with Crippen LogP contribution in [-0.2, 0) is 0 Å². The molecule has 7 nitrogen and oxygen atoms in total. The molecular formula is C21H34N2O5. The number of carbonyl (C=O) groups is 1. The first kappa shape index (κ1) is 24.0. The number of aliphatic hydroxyl groups excluding tert-OH is 2. The average Bonchev–Trinajstić information content (AvgIpc) is 2.70. The molecule has 0 radical (unpaired) electrons. The first-order valence-electron chi connectivity index (χ1n) is 10.3. The van der Waals surface area contributed by atoms with Crippen LogP contribution in [0.25, 0.3) is 0 Å². The van der Waals surface area contributed by atoms with Gasteiger partial charge in [-0.15, -0.1) is 0 Å². The molecule has 0 aliphatic carbocycles. The molecule has 0 bridgehead atoms. The second-order valence-electron chi connectivity index (χ2n) is 7.25. The lowest BCUT2D eigenvalue weighted by molar-refractivity contribution is -0.384. The van der Waals surface area contributed by atoms with Crippen molar-refractivity contribution >= 4 is 11.6 Å². The zero-order valence-corrected chi connectivity index (χ0v) is 16.8. The van der Waals surface area contributed by atoms with Crippen LogP contribution in [0.3, 0.4) is 0 Å². The number of hydrogen-bond donors (Lipinski definition) is 3. The summed E-state index contributed by atoms with van der Waals surface area (Å²) in [4.78, 5) is 22.3. The Balaban J connectivity index is 2.29. The van der Waals surface area contributed by atoms with E-state index in [1.54, 1.807) is 0 Å². The second kappa shape index (κ2) is 14.1. The van der Waals surface area contributed by atoms with Gasteiger partial charge in [-0.1, -0.05) is 64.7 Å². The molecule has 1 aromatic rings. The van der Waals surface area contributed by atoms with Crippen molar-refractivity contribution in [2.45, 2.75) is 83.3 Å². The third-order valence-electron chi connectivity index (χ3n) is 4.92. The standard InChI is InChI=1S/C21H34N2O5/c1-2-3-4-5-6-7-8-9-10-11-20(25)19(16-24)22-21(26)17-12-14-18(15-13-17)23(27)28/h12-15,19-20,24-25H,2-11,16H2,1H3,(H,22,26). The lowest BCUT2D eigenvalue weighted by atomic mass is 10.0. The molecule has 1 rings (SSSR count). The maximum atomic E-state index is 12.2. The van der Waals surface area contributed by atoms with Crippen LogP contribution in [0.15, 0.2) is 24.3 Å². The van der Waals surface area contributed by atoms with Gasteiger partial charge in [0, 0.05) is 17.7 Å². The van der Waals surface area contributed by atoms with E-state index in [4.69, 9.17) is 0 Å². The van der Waals surface area contributed by atoms with E-state index in [9.17, 15) is 25.1 Å². The van der Waals surface area contributed by atoms with Crippen molar-refractivity contribution in [2.24, 2.45) is 0 Å². The normalized spacial score (nSPS) is 13.1. The van der Waals surface area contributed by atoms with E-state index in [1.165, 1.54) is 62.8 Å². The maximum absolute atomic E-state index is 12.2. The summed E-state index contributed by atoms with van der Waals surface area (Å²) >= 11 is 0. The first-order chi connectivity index (χ1) is 13.5. The molecule has 158 valence electrons. The fraction of sp³-hybridized carbons (Fsp3) is 0.667. The monoisotopic (exact) mass is 394 g/mol. The molecule has 2 unspecified atom stereocenters. The van der Waals surface area contributed by atoms with E-state index >= 15 is 0 Å². The Bertz CT molecular complexity index is 577. The molecule has 28 heavy (non-hydrogen) atoms. The molecule has 0 aliphatic rings. The van der Waals surface area contributed by atoms with Crippen LogP contribution in [-0.4, -0.2) is 39.8 Å². The Morgan fingerprint density at radius 3 is 2.07 bits per heavy atom. The summed E-state index contributed by atoms with van der Waals surface area (Å²) in [5.74, 6) is -0.472. The number of aliphatic hydroxyl groups is 2. The van der Waals surface area contributed by atoms with Gasteiger partial charge in [0.05, 0.1) is 23.7 Å². The molecule has 0 fully saturated rings. The number of carbonyl (C=O) groups excluding carboxylic acids is 1. The SMILES string of the molecule is CCCCCCCCCCCC(O)C(CO)NC(=O)c1ccc([N+](=O)[O-])cc1. The lowest BCUT2D eigenvalue weighted by Crippen LogP contribution is -2.45. The highest BCUT2D eigenvalue weighted by Gasteiger charge is 2.21. The van der Waals surface area contributed by atoms with Gasteiger partial charge in [-0.25, -0.2) is 0 Å². The fourth-order valence-electron chi connectivity index (χ4n) is 3.12. The van der Waals surface area contributed by atoms with Gasteiger partial charge in [0.1, 0.15) is 0 Å². The van der Waals surface area contributed by atoms with E-state index in [2.05, 4.69) is 12.2 Å². The van der Waals surface area contributed by atoms with Gasteiger partial charge in [-0.05, 0) is 18.6 Å².